The van der Waals surface area contributed by atoms with Gasteiger partial charge in [-0.2, -0.15) is 0 Å². The number of rotatable bonds is 7. The Balaban J connectivity index is 1.32. The molecule has 0 atom stereocenters. The highest BCUT2D eigenvalue weighted by atomic mass is 32.1. The first-order chi connectivity index (χ1) is 12.9. The van der Waals surface area contributed by atoms with Crippen LogP contribution in [0, 0.1) is 29.1 Å². The average molecular weight is 395 g/mol. The lowest BCUT2D eigenvalue weighted by Gasteiger charge is -2.55. The zero-order valence-corrected chi connectivity index (χ0v) is 17.4. The van der Waals surface area contributed by atoms with Crippen LogP contribution in [-0.4, -0.2) is 30.0 Å². The minimum Gasteiger partial charge on any atom is -0.361 e. The molecule has 4 fully saturated rings. The second-order valence-corrected chi connectivity index (χ2v) is 9.72. The summed E-state index contributed by atoms with van der Waals surface area (Å²) in [7, 11) is 0. The molecule has 4 N–H and O–H groups in total. The van der Waals surface area contributed by atoms with Crippen LogP contribution in [0.2, 0.25) is 0 Å². The molecule has 0 aromatic rings. The molecule has 7 heteroatoms. The summed E-state index contributed by atoms with van der Waals surface area (Å²) in [6.07, 6.45) is 8.40. The molecule has 0 aliphatic heterocycles. The zero-order chi connectivity index (χ0) is 19.4. The van der Waals surface area contributed by atoms with E-state index in [9.17, 15) is 9.59 Å². The molecule has 27 heavy (non-hydrogen) atoms. The van der Waals surface area contributed by atoms with Crippen molar-refractivity contribution >= 4 is 29.1 Å². The fourth-order valence-electron chi connectivity index (χ4n) is 5.57. The lowest BCUT2D eigenvalue weighted by molar-refractivity contribution is -0.146. The fraction of sp³-hybridized carbons (Fsp3) is 0.850. The van der Waals surface area contributed by atoms with Gasteiger partial charge in [-0.15, -0.1) is 0 Å². The Bertz CT molecular complexity index is 543. The standard InChI is InChI=1S/C20H34N4O2S/c1-13(2)3-5-22-19(27)24-23-17(25)4-6-21-18(26)20-10-14-7-15(11-20)9-16(8-14)12-20/h13-16H,3-12H2,1-2H3,(H,21,26)(H,23,25)(H2,22,24,27). The van der Waals surface area contributed by atoms with Crippen LogP contribution in [0.25, 0.3) is 0 Å². The van der Waals surface area contributed by atoms with Crippen LogP contribution in [0.1, 0.15) is 65.2 Å². The molecule has 0 aromatic carbocycles. The summed E-state index contributed by atoms with van der Waals surface area (Å²) < 4.78 is 0. The molecule has 0 radical (unpaired) electrons. The molecule has 4 aliphatic carbocycles. The maximum absolute atomic E-state index is 12.8. The second kappa shape index (κ2) is 8.76. The summed E-state index contributed by atoms with van der Waals surface area (Å²) in [5.74, 6) is 2.85. The summed E-state index contributed by atoms with van der Waals surface area (Å²) >= 11 is 5.12. The molecule has 0 unspecified atom stereocenters. The van der Waals surface area contributed by atoms with Gasteiger partial charge in [-0.05, 0) is 80.8 Å². The first-order valence-electron chi connectivity index (χ1n) is 10.5. The Morgan fingerprint density at radius 3 is 2.11 bits per heavy atom. The van der Waals surface area contributed by atoms with E-state index in [1.54, 1.807) is 0 Å². The molecular weight excluding hydrogens is 360 g/mol. The highest BCUT2D eigenvalue weighted by molar-refractivity contribution is 7.80. The third-order valence-electron chi connectivity index (χ3n) is 6.48. The van der Waals surface area contributed by atoms with Crippen LogP contribution in [0.15, 0.2) is 0 Å². The molecule has 2 amide bonds. The second-order valence-electron chi connectivity index (χ2n) is 9.32. The largest absolute Gasteiger partial charge is 0.361 e. The van der Waals surface area contributed by atoms with Crippen LogP contribution in [-0.2, 0) is 9.59 Å². The molecule has 6 nitrogen and oxygen atoms in total. The van der Waals surface area contributed by atoms with Crippen LogP contribution in [0.4, 0.5) is 0 Å². The van der Waals surface area contributed by atoms with Gasteiger partial charge in [0.1, 0.15) is 0 Å². The Morgan fingerprint density at radius 2 is 1.56 bits per heavy atom. The number of nitrogens with one attached hydrogen (secondary N) is 4. The summed E-state index contributed by atoms with van der Waals surface area (Å²) in [6.45, 7) is 5.46. The average Bonchev–Trinajstić information content (AvgIpc) is 2.58. The van der Waals surface area contributed by atoms with Crippen molar-refractivity contribution in [2.45, 2.75) is 65.2 Å². The van der Waals surface area contributed by atoms with Gasteiger partial charge >= 0.3 is 0 Å². The summed E-state index contributed by atoms with van der Waals surface area (Å²) in [6, 6.07) is 0. The Labute approximate surface area is 168 Å². The molecule has 4 aliphatic rings. The molecule has 4 rings (SSSR count). The van der Waals surface area contributed by atoms with E-state index >= 15 is 0 Å². The normalized spacial score (nSPS) is 30.9. The summed E-state index contributed by atoms with van der Waals surface area (Å²) in [5, 5.41) is 6.50. The quantitative estimate of drug-likeness (QED) is 0.393. The smallest absolute Gasteiger partial charge is 0.240 e. The van der Waals surface area contributed by atoms with Gasteiger partial charge in [0.05, 0.1) is 0 Å². The number of hydrogen-bond acceptors (Lipinski definition) is 3. The van der Waals surface area contributed by atoms with Crippen molar-refractivity contribution in [3.05, 3.63) is 0 Å². The lowest BCUT2D eigenvalue weighted by Crippen LogP contribution is -2.54. The van der Waals surface area contributed by atoms with Crippen LogP contribution < -0.4 is 21.5 Å². The van der Waals surface area contributed by atoms with Crippen molar-refractivity contribution < 1.29 is 9.59 Å². The molecule has 0 heterocycles. The van der Waals surface area contributed by atoms with Crippen LogP contribution in [0.5, 0.6) is 0 Å². The number of thiocarbonyl (C=S) groups is 1. The monoisotopic (exact) mass is 394 g/mol. The van der Waals surface area contributed by atoms with Gasteiger partial charge in [0.15, 0.2) is 5.11 Å². The first-order valence-corrected chi connectivity index (χ1v) is 10.9. The number of carbonyl (C=O) groups is 2. The topological polar surface area (TPSA) is 82.3 Å². The predicted molar refractivity (Wildman–Crippen MR) is 110 cm³/mol. The van der Waals surface area contributed by atoms with E-state index in [2.05, 4.69) is 35.3 Å². The van der Waals surface area contributed by atoms with Crippen LogP contribution in [0.3, 0.4) is 0 Å². The van der Waals surface area contributed by atoms with Gasteiger partial charge in [0.25, 0.3) is 0 Å². The molecular formula is C20H34N4O2S. The summed E-state index contributed by atoms with van der Waals surface area (Å²) in [4.78, 5) is 24.8. The molecule has 4 saturated carbocycles. The van der Waals surface area contributed by atoms with Crippen molar-refractivity contribution in [3.63, 3.8) is 0 Å². The van der Waals surface area contributed by atoms with E-state index in [0.29, 0.717) is 17.6 Å². The van der Waals surface area contributed by atoms with Gasteiger partial charge in [-0.25, -0.2) is 0 Å². The zero-order valence-electron chi connectivity index (χ0n) is 16.6. The van der Waals surface area contributed by atoms with E-state index in [1.165, 1.54) is 19.3 Å². The molecule has 0 aromatic heterocycles. The van der Waals surface area contributed by atoms with E-state index in [4.69, 9.17) is 12.2 Å². The Morgan fingerprint density at radius 1 is 0.963 bits per heavy atom. The van der Waals surface area contributed by atoms with E-state index < -0.39 is 0 Å². The van der Waals surface area contributed by atoms with E-state index in [1.807, 2.05) is 0 Å². The number of hydrazine groups is 1. The third-order valence-corrected chi connectivity index (χ3v) is 6.73. The van der Waals surface area contributed by atoms with Crippen molar-refractivity contribution in [3.8, 4) is 0 Å². The minimum absolute atomic E-state index is 0.147. The highest BCUT2D eigenvalue weighted by Gasteiger charge is 2.54. The number of amides is 2. The number of hydrogen-bond donors (Lipinski definition) is 4. The maximum atomic E-state index is 12.8. The molecule has 152 valence electrons. The van der Waals surface area contributed by atoms with E-state index in [0.717, 1.165) is 50.0 Å². The Kier molecular flexibility index (Phi) is 6.61. The first kappa shape index (κ1) is 20.4. The third kappa shape index (κ3) is 5.33. The SMILES string of the molecule is CC(C)CCNC(=S)NNC(=O)CCNC(=O)C12CC3CC(CC(C3)C1)C2. The summed E-state index contributed by atoms with van der Waals surface area (Å²) in [5.41, 5.74) is 5.15. The molecule has 0 spiro atoms. The van der Waals surface area contributed by atoms with Crippen molar-refractivity contribution in [1.82, 2.24) is 21.5 Å². The minimum atomic E-state index is -0.172. The van der Waals surface area contributed by atoms with Crippen molar-refractivity contribution in [2.75, 3.05) is 13.1 Å². The van der Waals surface area contributed by atoms with E-state index in [-0.39, 0.29) is 23.7 Å². The van der Waals surface area contributed by atoms with Gasteiger partial charge in [0.2, 0.25) is 11.8 Å². The molecule has 0 saturated heterocycles. The number of carbonyl (C=O) groups excluding carboxylic acids is 2. The lowest BCUT2D eigenvalue weighted by atomic mass is 9.49. The maximum Gasteiger partial charge on any atom is 0.240 e. The predicted octanol–water partition coefficient (Wildman–Crippen LogP) is 2.25. The van der Waals surface area contributed by atoms with Gasteiger partial charge < -0.3 is 10.6 Å². The fourth-order valence-corrected chi connectivity index (χ4v) is 5.73. The van der Waals surface area contributed by atoms with Crippen molar-refractivity contribution in [1.29, 1.82) is 0 Å². The van der Waals surface area contributed by atoms with Crippen LogP contribution >= 0.6 is 12.2 Å². The van der Waals surface area contributed by atoms with Gasteiger partial charge in [0, 0.05) is 24.9 Å². The highest BCUT2D eigenvalue weighted by Crippen LogP contribution is 2.60. The van der Waals surface area contributed by atoms with Gasteiger partial charge in [-0.1, -0.05) is 13.8 Å². The Hall–Kier alpha value is -1.37. The van der Waals surface area contributed by atoms with Crippen molar-refractivity contribution in [2.24, 2.45) is 29.1 Å². The molecule has 4 bridgehead atoms. The van der Waals surface area contributed by atoms with Gasteiger partial charge in [-0.3, -0.25) is 20.4 Å².